The van der Waals surface area contributed by atoms with Crippen molar-refractivity contribution < 1.29 is 9.59 Å². The highest BCUT2D eigenvalue weighted by Gasteiger charge is 2.21. The molecule has 3 rings (SSSR count). The number of fused-ring (bicyclic) bond motifs is 1. The number of carbonyl (C=O) groups is 2. The summed E-state index contributed by atoms with van der Waals surface area (Å²) in [4.78, 5) is 23.5. The fourth-order valence-electron chi connectivity index (χ4n) is 3.15. The Morgan fingerprint density at radius 1 is 1.08 bits per heavy atom. The Labute approximate surface area is 142 Å². The summed E-state index contributed by atoms with van der Waals surface area (Å²) in [7, 11) is 0. The molecule has 1 aliphatic rings. The van der Waals surface area contributed by atoms with E-state index in [1.807, 2.05) is 18.2 Å². The first kappa shape index (κ1) is 16.2. The van der Waals surface area contributed by atoms with Crippen molar-refractivity contribution in [1.29, 1.82) is 0 Å². The second-order valence-corrected chi connectivity index (χ2v) is 6.20. The first-order valence-electron chi connectivity index (χ1n) is 8.35. The average molecular weight is 322 g/mol. The zero-order valence-electron chi connectivity index (χ0n) is 13.8. The van der Waals surface area contributed by atoms with Gasteiger partial charge in [-0.3, -0.25) is 9.59 Å². The van der Waals surface area contributed by atoms with E-state index in [4.69, 9.17) is 0 Å². The smallest absolute Gasteiger partial charge is 0.239 e. The monoisotopic (exact) mass is 322 g/mol. The molecule has 0 fully saturated rings. The highest BCUT2D eigenvalue weighted by molar-refractivity contribution is 5.94. The second kappa shape index (κ2) is 7.30. The van der Waals surface area contributed by atoms with Crippen LogP contribution >= 0.6 is 0 Å². The van der Waals surface area contributed by atoms with Gasteiger partial charge >= 0.3 is 0 Å². The van der Waals surface area contributed by atoms with Crippen LogP contribution in [0.3, 0.4) is 0 Å². The highest BCUT2D eigenvalue weighted by Crippen LogP contribution is 2.29. The van der Waals surface area contributed by atoms with E-state index in [0.29, 0.717) is 5.56 Å². The van der Waals surface area contributed by atoms with E-state index in [1.165, 1.54) is 18.1 Å². The molecule has 0 bridgehead atoms. The minimum Gasteiger partial charge on any atom is -0.376 e. The summed E-state index contributed by atoms with van der Waals surface area (Å²) in [5.41, 5.74) is 4.08. The number of amides is 1. The molecule has 1 unspecified atom stereocenters. The number of nitrogens with one attached hydrogen (secondary N) is 2. The van der Waals surface area contributed by atoms with Gasteiger partial charge in [0.1, 0.15) is 0 Å². The molecule has 2 aromatic carbocycles. The Kier molecular flexibility index (Phi) is 4.94. The van der Waals surface area contributed by atoms with E-state index in [1.54, 1.807) is 12.1 Å². The number of aryl methyl sites for hydroxylation is 1. The molecule has 4 nitrogen and oxygen atoms in total. The Morgan fingerprint density at radius 2 is 1.83 bits per heavy atom. The number of rotatable bonds is 5. The van der Waals surface area contributed by atoms with E-state index >= 15 is 0 Å². The molecule has 24 heavy (non-hydrogen) atoms. The SMILES string of the molecule is CC(=O)c1ccc(NCC(=O)NC2CCCc3ccccc32)cc1. The van der Waals surface area contributed by atoms with Gasteiger partial charge in [0, 0.05) is 11.3 Å². The number of ketones is 1. The first-order chi connectivity index (χ1) is 11.6. The molecule has 0 saturated carbocycles. The van der Waals surface area contributed by atoms with Crippen molar-refractivity contribution in [3.8, 4) is 0 Å². The van der Waals surface area contributed by atoms with Gasteiger partial charge in [0.25, 0.3) is 0 Å². The maximum atomic E-state index is 12.2. The molecular formula is C20H22N2O2. The summed E-state index contributed by atoms with van der Waals surface area (Å²) in [6.45, 7) is 1.76. The van der Waals surface area contributed by atoms with Gasteiger partial charge in [-0.25, -0.2) is 0 Å². The Morgan fingerprint density at radius 3 is 2.58 bits per heavy atom. The maximum Gasteiger partial charge on any atom is 0.239 e. The van der Waals surface area contributed by atoms with E-state index in [0.717, 1.165) is 24.9 Å². The number of carbonyl (C=O) groups excluding carboxylic acids is 2. The van der Waals surface area contributed by atoms with Crippen LogP contribution in [0.15, 0.2) is 48.5 Å². The predicted molar refractivity (Wildman–Crippen MR) is 95.2 cm³/mol. The summed E-state index contributed by atoms with van der Waals surface area (Å²) >= 11 is 0. The van der Waals surface area contributed by atoms with E-state index < -0.39 is 0 Å². The average Bonchev–Trinajstić information content (AvgIpc) is 2.61. The quantitative estimate of drug-likeness (QED) is 0.828. The molecule has 2 aromatic rings. The van der Waals surface area contributed by atoms with Crippen LogP contribution in [0.1, 0.15) is 47.3 Å². The van der Waals surface area contributed by atoms with Crippen LogP contribution in [-0.4, -0.2) is 18.2 Å². The van der Waals surface area contributed by atoms with Crippen LogP contribution in [0.5, 0.6) is 0 Å². The lowest BCUT2D eigenvalue weighted by atomic mass is 9.88. The van der Waals surface area contributed by atoms with E-state index in [2.05, 4.69) is 28.8 Å². The molecule has 0 radical (unpaired) electrons. The summed E-state index contributed by atoms with van der Waals surface area (Å²) < 4.78 is 0. The summed E-state index contributed by atoms with van der Waals surface area (Å²) in [6, 6.07) is 15.6. The third-order valence-corrected chi connectivity index (χ3v) is 4.45. The number of anilines is 1. The van der Waals surface area contributed by atoms with Gasteiger partial charge in [-0.15, -0.1) is 0 Å². The summed E-state index contributed by atoms with van der Waals surface area (Å²) in [5.74, 6) is 0.0163. The summed E-state index contributed by atoms with van der Waals surface area (Å²) in [5, 5.41) is 6.22. The van der Waals surface area contributed by atoms with E-state index in [-0.39, 0.29) is 24.3 Å². The molecule has 0 spiro atoms. The van der Waals surface area contributed by atoms with Gasteiger partial charge in [-0.2, -0.15) is 0 Å². The van der Waals surface area contributed by atoms with Crippen LogP contribution in [-0.2, 0) is 11.2 Å². The molecule has 1 amide bonds. The molecule has 1 aliphatic carbocycles. The van der Waals surface area contributed by atoms with Crippen LogP contribution in [0.25, 0.3) is 0 Å². The maximum absolute atomic E-state index is 12.2. The van der Waals surface area contributed by atoms with E-state index in [9.17, 15) is 9.59 Å². The molecule has 4 heteroatoms. The van der Waals surface area contributed by atoms with Gasteiger partial charge in [0.2, 0.25) is 5.91 Å². The second-order valence-electron chi connectivity index (χ2n) is 6.20. The van der Waals surface area contributed by atoms with Crippen molar-refractivity contribution >= 4 is 17.4 Å². The topological polar surface area (TPSA) is 58.2 Å². The van der Waals surface area contributed by atoms with Crippen molar-refractivity contribution in [2.45, 2.75) is 32.2 Å². The van der Waals surface area contributed by atoms with Crippen LogP contribution in [0.4, 0.5) is 5.69 Å². The zero-order valence-corrected chi connectivity index (χ0v) is 13.8. The summed E-state index contributed by atoms with van der Waals surface area (Å²) in [6.07, 6.45) is 3.17. The minimum atomic E-state index is -0.0210. The molecule has 2 N–H and O–H groups in total. The fourth-order valence-corrected chi connectivity index (χ4v) is 3.15. The fraction of sp³-hybridized carbons (Fsp3) is 0.300. The third-order valence-electron chi connectivity index (χ3n) is 4.45. The molecule has 1 atom stereocenters. The van der Waals surface area contributed by atoms with Gasteiger partial charge in [0.05, 0.1) is 12.6 Å². The zero-order chi connectivity index (χ0) is 16.9. The molecule has 0 heterocycles. The highest BCUT2D eigenvalue weighted by atomic mass is 16.2. The standard InChI is InChI=1S/C20H22N2O2/c1-14(23)15-9-11-17(12-10-15)21-13-20(24)22-19-8-4-6-16-5-2-3-7-18(16)19/h2-3,5,7,9-12,19,21H,4,6,8,13H2,1H3,(H,22,24). The lowest BCUT2D eigenvalue weighted by Gasteiger charge is -2.26. The van der Waals surface area contributed by atoms with Crippen LogP contribution in [0.2, 0.25) is 0 Å². The number of Topliss-reactive ketones (excluding diaryl/α,β-unsaturated/α-hetero) is 1. The van der Waals surface area contributed by atoms with Crippen LogP contribution < -0.4 is 10.6 Å². The first-order valence-corrected chi connectivity index (χ1v) is 8.35. The normalized spacial score (nSPS) is 16.1. The number of hydrogen-bond acceptors (Lipinski definition) is 3. The van der Waals surface area contributed by atoms with Crippen molar-refractivity contribution in [2.24, 2.45) is 0 Å². The molecular weight excluding hydrogens is 300 g/mol. The third kappa shape index (κ3) is 3.82. The Bertz CT molecular complexity index is 738. The van der Waals surface area contributed by atoms with Gasteiger partial charge in [-0.05, 0) is 61.6 Å². The Hall–Kier alpha value is -2.62. The lowest BCUT2D eigenvalue weighted by molar-refractivity contribution is -0.120. The van der Waals surface area contributed by atoms with Crippen LogP contribution in [0, 0.1) is 0 Å². The van der Waals surface area contributed by atoms with Gasteiger partial charge in [0.15, 0.2) is 5.78 Å². The predicted octanol–water partition coefficient (Wildman–Crippen LogP) is 3.49. The van der Waals surface area contributed by atoms with Gasteiger partial charge < -0.3 is 10.6 Å². The van der Waals surface area contributed by atoms with Crippen molar-refractivity contribution in [3.63, 3.8) is 0 Å². The molecule has 0 aromatic heterocycles. The number of benzene rings is 2. The van der Waals surface area contributed by atoms with Crippen molar-refractivity contribution in [1.82, 2.24) is 5.32 Å². The molecule has 124 valence electrons. The lowest BCUT2D eigenvalue weighted by Crippen LogP contribution is -2.35. The van der Waals surface area contributed by atoms with Gasteiger partial charge in [-0.1, -0.05) is 24.3 Å². The van der Waals surface area contributed by atoms with Crippen molar-refractivity contribution in [3.05, 3.63) is 65.2 Å². The minimum absolute atomic E-state index is 0.0210. The molecule has 0 saturated heterocycles. The Balaban J connectivity index is 1.56. The largest absolute Gasteiger partial charge is 0.376 e. The molecule has 0 aliphatic heterocycles. The number of hydrogen-bond donors (Lipinski definition) is 2. The van der Waals surface area contributed by atoms with Crippen molar-refractivity contribution in [2.75, 3.05) is 11.9 Å².